The van der Waals surface area contributed by atoms with Crippen molar-refractivity contribution < 1.29 is 0 Å². The standard InChI is InChI=1S/C15H30N2/c1-12-7-5-8-13(2)17(12)16-14-9-6-10-15(3,4)11-14/h12-14,16H,5-11H2,1-4H3. The van der Waals surface area contributed by atoms with E-state index < -0.39 is 0 Å². The second kappa shape index (κ2) is 5.27. The van der Waals surface area contributed by atoms with E-state index in [2.05, 4.69) is 38.1 Å². The van der Waals surface area contributed by atoms with Crippen molar-refractivity contribution in [1.29, 1.82) is 0 Å². The third-order valence-electron chi connectivity index (χ3n) is 4.73. The minimum absolute atomic E-state index is 0.540. The first kappa shape index (κ1) is 13.4. The van der Waals surface area contributed by atoms with Gasteiger partial charge in [0.05, 0.1) is 0 Å². The van der Waals surface area contributed by atoms with Crippen LogP contribution in [0.2, 0.25) is 0 Å². The lowest BCUT2D eigenvalue weighted by atomic mass is 9.75. The molecule has 2 aliphatic rings. The van der Waals surface area contributed by atoms with Gasteiger partial charge in [0, 0.05) is 18.1 Å². The van der Waals surface area contributed by atoms with Crippen LogP contribution in [0.15, 0.2) is 0 Å². The van der Waals surface area contributed by atoms with Crippen molar-refractivity contribution in [3.63, 3.8) is 0 Å². The Morgan fingerprint density at radius 1 is 1.00 bits per heavy atom. The summed E-state index contributed by atoms with van der Waals surface area (Å²) >= 11 is 0. The Morgan fingerprint density at radius 3 is 2.24 bits per heavy atom. The third kappa shape index (κ3) is 3.45. The minimum Gasteiger partial charge on any atom is -0.252 e. The summed E-state index contributed by atoms with van der Waals surface area (Å²) in [6.07, 6.45) is 9.59. The van der Waals surface area contributed by atoms with Crippen molar-refractivity contribution in [2.45, 2.75) is 90.8 Å². The molecule has 0 spiro atoms. The summed E-state index contributed by atoms with van der Waals surface area (Å²) in [6, 6.07) is 2.13. The Balaban J connectivity index is 1.90. The van der Waals surface area contributed by atoms with E-state index in [1.807, 2.05) is 0 Å². The summed E-state index contributed by atoms with van der Waals surface area (Å²) in [5.74, 6) is 0. The molecule has 3 unspecified atom stereocenters. The van der Waals surface area contributed by atoms with Crippen molar-refractivity contribution in [3.05, 3.63) is 0 Å². The highest BCUT2D eigenvalue weighted by atomic mass is 15.5. The number of rotatable bonds is 2. The first-order valence-corrected chi connectivity index (χ1v) is 7.52. The van der Waals surface area contributed by atoms with E-state index in [1.165, 1.54) is 44.9 Å². The maximum Gasteiger partial charge on any atom is 0.0220 e. The quantitative estimate of drug-likeness (QED) is 0.788. The van der Waals surface area contributed by atoms with Crippen LogP contribution in [0.4, 0.5) is 0 Å². The number of hydrogen-bond donors (Lipinski definition) is 1. The van der Waals surface area contributed by atoms with E-state index >= 15 is 0 Å². The molecule has 100 valence electrons. The molecule has 1 saturated carbocycles. The van der Waals surface area contributed by atoms with Gasteiger partial charge in [-0.1, -0.05) is 26.7 Å². The molecule has 0 amide bonds. The summed E-state index contributed by atoms with van der Waals surface area (Å²) in [5, 5.41) is 2.55. The molecule has 2 rings (SSSR count). The second-order valence-corrected chi connectivity index (χ2v) is 7.12. The van der Waals surface area contributed by atoms with E-state index in [4.69, 9.17) is 0 Å². The van der Waals surface area contributed by atoms with Crippen LogP contribution in [-0.4, -0.2) is 23.1 Å². The fourth-order valence-corrected chi connectivity index (χ4v) is 3.69. The Kier molecular flexibility index (Phi) is 4.14. The van der Waals surface area contributed by atoms with Gasteiger partial charge in [-0.05, 0) is 51.4 Å². The number of hydrazine groups is 1. The Bertz CT molecular complexity index is 239. The first-order valence-electron chi connectivity index (χ1n) is 7.52. The Labute approximate surface area is 107 Å². The topological polar surface area (TPSA) is 15.3 Å². The SMILES string of the molecule is CC1CCCC(C)N1NC1CCCC(C)(C)C1. The van der Waals surface area contributed by atoms with Gasteiger partial charge < -0.3 is 0 Å². The largest absolute Gasteiger partial charge is 0.252 e. The van der Waals surface area contributed by atoms with Crippen molar-refractivity contribution in [1.82, 2.24) is 10.4 Å². The highest BCUT2D eigenvalue weighted by Crippen LogP contribution is 2.35. The first-order chi connectivity index (χ1) is 7.98. The molecule has 2 heteroatoms. The molecule has 2 nitrogen and oxygen atoms in total. The number of hydrogen-bond acceptors (Lipinski definition) is 2. The van der Waals surface area contributed by atoms with Crippen LogP contribution in [-0.2, 0) is 0 Å². The number of nitrogens with one attached hydrogen (secondary N) is 1. The predicted octanol–water partition coefficient (Wildman–Crippen LogP) is 3.72. The molecule has 1 heterocycles. The van der Waals surface area contributed by atoms with E-state index in [9.17, 15) is 0 Å². The lowest BCUT2D eigenvalue weighted by molar-refractivity contribution is 0.0113. The van der Waals surface area contributed by atoms with Crippen LogP contribution in [0.5, 0.6) is 0 Å². The number of piperidine rings is 1. The molecule has 17 heavy (non-hydrogen) atoms. The zero-order valence-electron chi connectivity index (χ0n) is 12.1. The van der Waals surface area contributed by atoms with Crippen LogP contribution in [0.1, 0.15) is 72.6 Å². The average Bonchev–Trinajstić information content (AvgIpc) is 2.22. The smallest absolute Gasteiger partial charge is 0.0220 e. The summed E-state index contributed by atoms with van der Waals surface area (Å²) in [7, 11) is 0. The highest BCUT2D eigenvalue weighted by Gasteiger charge is 2.32. The molecule has 1 saturated heterocycles. The van der Waals surface area contributed by atoms with Gasteiger partial charge in [0.15, 0.2) is 0 Å². The molecule has 3 atom stereocenters. The molecule has 2 fully saturated rings. The molecule has 0 aromatic heterocycles. The third-order valence-corrected chi connectivity index (χ3v) is 4.73. The minimum atomic E-state index is 0.540. The molecule has 1 aliphatic carbocycles. The van der Waals surface area contributed by atoms with Crippen molar-refractivity contribution in [2.75, 3.05) is 0 Å². The summed E-state index contributed by atoms with van der Waals surface area (Å²) < 4.78 is 0. The fourth-order valence-electron chi connectivity index (χ4n) is 3.69. The predicted molar refractivity (Wildman–Crippen MR) is 73.8 cm³/mol. The molecule has 0 aromatic rings. The van der Waals surface area contributed by atoms with Gasteiger partial charge in [-0.2, -0.15) is 0 Å². The average molecular weight is 238 g/mol. The van der Waals surface area contributed by atoms with Crippen LogP contribution in [0.3, 0.4) is 0 Å². The van der Waals surface area contributed by atoms with E-state index in [1.54, 1.807) is 0 Å². The van der Waals surface area contributed by atoms with Gasteiger partial charge in [0.25, 0.3) is 0 Å². The summed E-state index contributed by atoms with van der Waals surface area (Å²) in [6.45, 7) is 9.58. The van der Waals surface area contributed by atoms with E-state index in [-0.39, 0.29) is 0 Å². The molecule has 1 N–H and O–H groups in total. The monoisotopic (exact) mass is 238 g/mol. The lowest BCUT2D eigenvalue weighted by Gasteiger charge is -2.44. The van der Waals surface area contributed by atoms with Crippen molar-refractivity contribution in [2.24, 2.45) is 5.41 Å². The van der Waals surface area contributed by atoms with Crippen molar-refractivity contribution >= 4 is 0 Å². The maximum absolute atomic E-state index is 3.85. The highest BCUT2D eigenvalue weighted by molar-refractivity contribution is 4.85. The molecule has 0 bridgehead atoms. The van der Waals surface area contributed by atoms with E-state index in [0.717, 1.165) is 0 Å². The Morgan fingerprint density at radius 2 is 1.65 bits per heavy atom. The summed E-state index contributed by atoms with van der Waals surface area (Å²) in [4.78, 5) is 0. The van der Waals surface area contributed by atoms with E-state index in [0.29, 0.717) is 23.5 Å². The molecule has 1 aliphatic heterocycles. The van der Waals surface area contributed by atoms with Crippen molar-refractivity contribution in [3.8, 4) is 0 Å². The van der Waals surface area contributed by atoms with Crippen LogP contribution in [0, 0.1) is 5.41 Å². The molecular formula is C15H30N2. The molecule has 0 radical (unpaired) electrons. The zero-order chi connectivity index (χ0) is 12.5. The summed E-state index contributed by atoms with van der Waals surface area (Å²) in [5.41, 5.74) is 4.39. The zero-order valence-corrected chi connectivity index (χ0v) is 12.1. The van der Waals surface area contributed by atoms with Crippen LogP contribution >= 0.6 is 0 Å². The van der Waals surface area contributed by atoms with Gasteiger partial charge in [0.2, 0.25) is 0 Å². The van der Waals surface area contributed by atoms with Crippen LogP contribution in [0.25, 0.3) is 0 Å². The van der Waals surface area contributed by atoms with Gasteiger partial charge in [-0.3, -0.25) is 5.43 Å². The molecular weight excluding hydrogens is 208 g/mol. The fraction of sp³-hybridized carbons (Fsp3) is 1.00. The van der Waals surface area contributed by atoms with Gasteiger partial charge >= 0.3 is 0 Å². The normalized spacial score (nSPS) is 39.2. The lowest BCUT2D eigenvalue weighted by Crippen LogP contribution is -2.56. The molecule has 0 aromatic carbocycles. The van der Waals surface area contributed by atoms with Gasteiger partial charge in [-0.25, -0.2) is 5.01 Å². The van der Waals surface area contributed by atoms with Crippen LogP contribution < -0.4 is 5.43 Å². The van der Waals surface area contributed by atoms with Gasteiger partial charge in [0.1, 0.15) is 0 Å². The second-order valence-electron chi connectivity index (χ2n) is 7.12. The Hall–Kier alpha value is -0.0800. The van der Waals surface area contributed by atoms with Gasteiger partial charge in [-0.15, -0.1) is 0 Å². The number of nitrogens with zero attached hydrogens (tertiary/aromatic N) is 1. The maximum atomic E-state index is 3.85.